The molecule has 0 radical (unpaired) electrons. The van der Waals surface area contributed by atoms with Gasteiger partial charge in [0.2, 0.25) is 5.91 Å². The van der Waals surface area contributed by atoms with Crippen LogP contribution in [0.2, 0.25) is 0 Å². The second-order valence-corrected chi connectivity index (χ2v) is 4.07. The van der Waals surface area contributed by atoms with Gasteiger partial charge in [-0.2, -0.15) is 0 Å². The standard InChI is InChI=1S/C9H17N3O2.ClH/c10-4-5-1-2-8(14-5)9(13)12-7-3-6(7)11;/h5-8H,1-4,10-11H2,(H,12,13);1H/t5-,6?,7?,8+;/m1./s1. The van der Waals surface area contributed by atoms with Gasteiger partial charge in [-0.1, -0.05) is 0 Å². The first-order valence-corrected chi connectivity index (χ1v) is 5.12. The van der Waals surface area contributed by atoms with Crippen LogP contribution in [0.1, 0.15) is 19.3 Å². The van der Waals surface area contributed by atoms with Gasteiger partial charge in [0.25, 0.3) is 0 Å². The van der Waals surface area contributed by atoms with E-state index in [2.05, 4.69) is 5.32 Å². The van der Waals surface area contributed by atoms with Crippen molar-refractivity contribution in [2.24, 2.45) is 11.5 Å². The fourth-order valence-electron chi connectivity index (χ4n) is 1.73. The average Bonchev–Trinajstić information content (AvgIpc) is 2.72. The number of nitrogens with two attached hydrogens (primary N) is 2. The van der Waals surface area contributed by atoms with Gasteiger partial charge in [0.05, 0.1) is 6.10 Å². The summed E-state index contributed by atoms with van der Waals surface area (Å²) in [6, 6.07) is 0.314. The van der Waals surface area contributed by atoms with Crippen molar-refractivity contribution in [1.29, 1.82) is 0 Å². The molecular weight excluding hydrogens is 218 g/mol. The van der Waals surface area contributed by atoms with E-state index in [4.69, 9.17) is 16.2 Å². The Balaban J connectivity index is 0.00000112. The fraction of sp³-hybridized carbons (Fsp3) is 0.889. The van der Waals surface area contributed by atoms with Crippen LogP contribution in [0.15, 0.2) is 0 Å². The number of hydrogen-bond donors (Lipinski definition) is 3. The zero-order valence-corrected chi connectivity index (χ0v) is 9.33. The Bertz CT molecular complexity index is 239. The third-order valence-corrected chi connectivity index (χ3v) is 2.83. The maximum atomic E-state index is 11.6. The summed E-state index contributed by atoms with van der Waals surface area (Å²) in [6.07, 6.45) is 2.29. The molecule has 0 bridgehead atoms. The number of ether oxygens (including phenoxy) is 1. The van der Waals surface area contributed by atoms with Gasteiger partial charge in [-0.3, -0.25) is 4.79 Å². The lowest BCUT2D eigenvalue weighted by Crippen LogP contribution is -2.38. The van der Waals surface area contributed by atoms with Crippen molar-refractivity contribution in [2.75, 3.05) is 6.54 Å². The van der Waals surface area contributed by atoms with Crippen molar-refractivity contribution in [3.05, 3.63) is 0 Å². The maximum Gasteiger partial charge on any atom is 0.249 e. The molecule has 2 unspecified atom stereocenters. The highest BCUT2D eigenvalue weighted by molar-refractivity contribution is 5.85. The van der Waals surface area contributed by atoms with Crippen molar-refractivity contribution in [2.45, 2.75) is 43.6 Å². The third-order valence-electron chi connectivity index (χ3n) is 2.83. The Kier molecular flexibility index (Phi) is 4.33. The SMILES string of the molecule is Cl.NC[C@H]1CC[C@@H](C(=O)NC2CC2N)O1. The molecule has 1 amide bonds. The minimum atomic E-state index is -0.309. The van der Waals surface area contributed by atoms with Gasteiger partial charge in [-0.25, -0.2) is 0 Å². The van der Waals surface area contributed by atoms with E-state index in [1.807, 2.05) is 0 Å². The van der Waals surface area contributed by atoms with E-state index in [-0.39, 0.29) is 42.6 Å². The summed E-state index contributed by atoms with van der Waals surface area (Å²) >= 11 is 0. The van der Waals surface area contributed by atoms with Gasteiger partial charge in [0.1, 0.15) is 6.10 Å². The molecule has 1 aliphatic heterocycles. The summed E-state index contributed by atoms with van der Waals surface area (Å²) in [5, 5.41) is 2.86. The van der Waals surface area contributed by atoms with Crippen LogP contribution < -0.4 is 16.8 Å². The van der Waals surface area contributed by atoms with Crippen LogP contribution in [0.4, 0.5) is 0 Å². The predicted molar refractivity (Wildman–Crippen MR) is 58.7 cm³/mol. The number of nitrogens with one attached hydrogen (secondary N) is 1. The monoisotopic (exact) mass is 235 g/mol. The number of carbonyl (C=O) groups is 1. The van der Waals surface area contributed by atoms with E-state index >= 15 is 0 Å². The molecule has 0 aromatic heterocycles. The van der Waals surface area contributed by atoms with Crippen molar-refractivity contribution < 1.29 is 9.53 Å². The van der Waals surface area contributed by atoms with Gasteiger partial charge >= 0.3 is 0 Å². The van der Waals surface area contributed by atoms with Crippen LogP contribution in [-0.2, 0) is 9.53 Å². The normalized spacial score (nSPS) is 38.3. The molecular formula is C9H18ClN3O2. The van der Waals surface area contributed by atoms with E-state index in [1.165, 1.54) is 0 Å². The van der Waals surface area contributed by atoms with E-state index in [0.29, 0.717) is 6.54 Å². The zero-order valence-electron chi connectivity index (χ0n) is 8.52. The first-order chi connectivity index (χ1) is 6.70. The lowest BCUT2D eigenvalue weighted by molar-refractivity contribution is -0.132. The van der Waals surface area contributed by atoms with E-state index < -0.39 is 0 Å². The van der Waals surface area contributed by atoms with Crippen LogP contribution in [-0.4, -0.2) is 36.7 Å². The van der Waals surface area contributed by atoms with Crippen molar-refractivity contribution in [3.63, 3.8) is 0 Å². The summed E-state index contributed by atoms with van der Waals surface area (Å²) in [4.78, 5) is 11.6. The molecule has 15 heavy (non-hydrogen) atoms. The number of halogens is 1. The van der Waals surface area contributed by atoms with Gasteiger partial charge < -0.3 is 21.5 Å². The Morgan fingerprint density at radius 3 is 2.60 bits per heavy atom. The topological polar surface area (TPSA) is 90.4 Å². The Labute approximate surface area is 95.3 Å². The molecule has 5 nitrogen and oxygen atoms in total. The highest BCUT2D eigenvalue weighted by Crippen LogP contribution is 2.22. The average molecular weight is 236 g/mol. The zero-order chi connectivity index (χ0) is 10.1. The Hall–Kier alpha value is -0.360. The molecule has 88 valence electrons. The summed E-state index contributed by atoms with van der Waals surface area (Å²) in [7, 11) is 0. The van der Waals surface area contributed by atoms with E-state index in [0.717, 1.165) is 19.3 Å². The highest BCUT2D eigenvalue weighted by Gasteiger charge is 2.38. The number of carbonyl (C=O) groups excluding carboxylic acids is 1. The molecule has 5 N–H and O–H groups in total. The largest absolute Gasteiger partial charge is 0.364 e. The van der Waals surface area contributed by atoms with Crippen LogP contribution in [0.5, 0.6) is 0 Å². The first-order valence-electron chi connectivity index (χ1n) is 5.12. The molecule has 4 atom stereocenters. The second-order valence-electron chi connectivity index (χ2n) is 4.07. The molecule has 1 saturated carbocycles. The minimum Gasteiger partial charge on any atom is -0.364 e. The molecule has 2 fully saturated rings. The molecule has 0 spiro atoms. The predicted octanol–water partition coefficient (Wildman–Crippen LogP) is -0.870. The number of hydrogen-bond acceptors (Lipinski definition) is 4. The van der Waals surface area contributed by atoms with E-state index in [9.17, 15) is 4.79 Å². The van der Waals surface area contributed by atoms with Gasteiger partial charge in [-0.15, -0.1) is 12.4 Å². The van der Waals surface area contributed by atoms with Crippen molar-refractivity contribution in [1.82, 2.24) is 5.32 Å². The molecule has 1 saturated heterocycles. The molecule has 1 heterocycles. The van der Waals surface area contributed by atoms with Crippen LogP contribution in [0.3, 0.4) is 0 Å². The fourth-order valence-corrected chi connectivity index (χ4v) is 1.73. The molecule has 0 aromatic rings. The second kappa shape index (κ2) is 5.12. The highest BCUT2D eigenvalue weighted by atomic mass is 35.5. The summed E-state index contributed by atoms with van der Waals surface area (Å²) in [6.45, 7) is 0.493. The van der Waals surface area contributed by atoms with Gasteiger partial charge in [-0.05, 0) is 19.3 Å². The molecule has 2 rings (SSSR count). The molecule has 6 heteroatoms. The maximum absolute atomic E-state index is 11.6. The summed E-state index contributed by atoms with van der Waals surface area (Å²) in [5.41, 5.74) is 11.0. The first kappa shape index (κ1) is 12.7. The molecule has 2 aliphatic rings. The van der Waals surface area contributed by atoms with Gasteiger partial charge in [0, 0.05) is 18.6 Å². The van der Waals surface area contributed by atoms with E-state index in [1.54, 1.807) is 0 Å². The molecule has 1 aliphatic carbocycles. The van der Waals surface area contributed by atoms with Crippen molar-refractivity contribution in [3.8, 4) is 0 Å². The number of rotatable bonds is 3. The van der Waals surface area contributed by atoms with Crippen LogP contribution in [0.25, 0.3) is 0 Å². The molecule has 0 aromatic carbocycles. The summed E-state index contributed by atoms with van der Waals surface area (Å²) < 4.78 is 5.46. The minimum absolute atomic E-state index is 0. The summed E-state index contributed by atoms with van der Waals surface area (Å²) in [5.74, 6) is -0.0288. The lowest BCUT2D eigenvalue weighted by atomic mass is 10.2. The quantitative estimate of drug-likeness (QED) is 0.593. The van der Waals surface area contributed by atoms with Gasteiger partial charge in [0.15, 0.2) is 0 Å². The lowest BCUT2D eigenvalue weighted by Gasteiger charge is -2.12. The Morgan fingerprint density at radius 1 is 1.47 bits per heavy atom. The Morgan fingerprint density at radius 2 is 2.13 bits per heavy atom. The van der Waals surface area contributed by atoms with Crippen LogP contribution in [0, 0.1) is 0 Å². The van der Waals surface area contributed by atoms with Crippen LogP contribution >= 0.6 is 12.4 Å². The number of amides is 1. The smallest absolute Gasteiger partial charge is 0.249 e. The van der Waals surface area contributed by atoms with Crippen molar-refractivity contribution >= 4 is 18.3 Å². The third kappa shape index (κ3) is 3.04.